The van der Waals surface area contributed by atoms with Crippen LogP contribution in [0.2, 0.25) is 0 Å². The molecule has 0 saturated heterocycles. The highest BCUT2D eigenvalue weighted by atomic mass is 32.1. The van der Waals surface area contributed by atoms with Crippen molar-refractivity contribution in [3.05, 3.63) is 47.1 Å². The molecule has 4 rings (SSSR count). The van der Waals surface area contributed by atoms with E-state index in [1.54, 1.807) is 17.7 Å². The van der Waals surface area contributed by atoms with Gasteiger partial charge in [-0.3, -0.25) is 4.79 Å². The highest BCUT2D eigenvalue weighted by molar-refractivity contribution is 7.19. The van der Waals surface area contributed by atoms with Gasteiger partial charge in [0, 0.05) is 10.6 Å². The second kappa shape index (κ2) is 6.80. The van der Waals surface area contributed by atoms with Gasteiger partial charge in [0.1, 0.15) is 23.0 Å². The molecule has 1 atom stereocenters. The van der Waals surface area contributed by atoms with Crippen molar-refractivity contribution in [2.24, 2.45) is 0 Å². The molecule has 2 heterocycles. The molecule has 1 aliphatic rings. The number of rotatable bonds is 4. The van der Waals surface area contributed by atoms with E-state index in [1.165, 1.54) is 23.3 Å². The Morgan fingerprint density at radius 1 is 1.16 bits per heavy atom. The number of aryl methyl sites for hydroxylation is 2. The van der Waals surface area contributed by atoms with Gasteiger partial charge in [0.05, 0.1) is 5.39 Å². The summed E-state index contributed by atoms with van der Waals surface area (Å²) in [6.07, 6.45) is 6.22. The first kappa shape index (κ1) is 16.0. The maximum Gasteiger partial charge on any atom is 0.246 e. The Kier molecular flexibility index (Phi) is 4.36. The second-order valence-electron chi connectivity index (χ2n) is 6.33. The van der Waals surface area contributed by atoms with E-state index in [0.29, 0.717) is 0 Å². The summed E-state index contributed by atoms with van der Waals surface area (Å²) >= 11 is 1.76. The van der Waals surface area contributed by atoms with Crippen LogP contribution in [0, 0.1) is 0 Å². The zero-order chi connectivity index (χ0) is 17.2. The van der Waals surface area contributed by atoms with Crippen molar-refractivity contribution in [1.29, 1.82) is 0 Å². The number of aromatic nitrogens is 2. The van der Waals surface area contributed by atoms with Gasteiger partial charge in [-0.1, -0.05) is 18.2 Å². The first-order valence-corrected chi connectivity index (χ1v) is 9.41. The lowest BCUT2D eigenvalue weighted by Gasteiger charge is -2.16. The lowest BCUT2D eigenvalue weighted by Crippen LogP contribution is -2.32. The van der Waals surface area contributed by atoms with E-state index in [-0.39, 0.29) is 5.91 Å². The third-order valence-corrected chi connectivity index (χ3v) is 5.74. The monoisotopic (exact) mass is 352 g/mol. The van der Waals surface area contributed by atoms with Crippen LogP contribution in [0.5, 0.6) is 0 Å². The van der Waals surface area contributed by atoms with Crippen LogP contribution >= 0.6 is 11.3 Å². The van der Waals surface area contributed by atoms with Gasteiger partial charge in [-0.05, 0) is 50.3 Å². The van der Waals surface area contributed by atoms with E-state index < -0.39 is 6.04 Å². The molecule has 128 valence electrons. The van der Waals surface area contributed by atoms with Crippen LogP contribution in [-0.4, -0.2) is 21.9 Å². The van der Waals surface area contributed by atoms with Gasteiger partial charge in [-0.2, -0.15) is 0 Å². The summed E-state index contributed by atoms with van der Waals surface area (Å²) < 4.78 is 0. The highest BCUT2D eigenvalue weighted by Crippen LogP contribution is 2.38. The molecule has 25 heavy (non-hydrogen) atoms. The van der Waals surface area contributed by atoms with Crippen molar-refractivity contribution in [1.82, 2.24) is 9.97 Å². The molecule has 0 radical (unpaired) electrons. The quantitative estimate of drug-likeness (QED) is 0.744. The molecule has 0 fully saturated rings. The summed E-state index contributed by atoms with van der Waals surface area (Å²) in [6.45, 7) is 1.85. The predicted octanol–water partition coefficient (Wildman–Crippen LogP) is 4.01. The molecule has 1 unspecified atom stereocenters. The third kappa shape index (κ3) is 3.22. The molecule has 6 heteroatoms. The van der Waals surface area contributed by atoms with Gasteiger partial charge >= 0.3 is 0 Å². The van der Waals surface area contributed by atoms with Crippen LogP contribution in [0.1, 0.15) is 30.2 Å². The number of nitrogens with one attached hydrogen (secondary N) is 2. The first-order chi connectivity index (χ1) is 12.2. The summed E-state index contributed by atoms with van der Waals surface area (Å²) in [5.41, 5.74) is 2.16. The fraction of sp³-hybridized carbons (Fsp3) is 0.316. The summed E-state index contributed by atoms with van der Waals surface area (Å²) in [5, 5.41) is 7.31. The SMILES string of the molecule is CC(Nc1ncnc2sc3c(c12)CCCC3)C(=O)Nc1ccccc1. The maximum atomic E-state index is 12.5. The van der Waals surface area contributed by atoms with Gasteiger partial charge in [-0.15, -0.1) is 11.3 Å². The normalized spacial score (nSPS) is 14.8. The number of benzene rings is 1. The molecule has 5 nitrogen and oxygen atoms in total. The Balaban J connectivity index is 1.58. The maximum absolute atomic E-state index is 12.5. The predicted molar refractivity (Wildman–Crippen MR) is 102 cm³/mol. The first-order valence-electron chi connectivity index (χ1n) is 8.60. The molecule has 1 aliphatic carbocycles. The number of carbonyl (C=O) groups excluding carboxylic acids is 1. The summed E-state index contributed by atoms with van der Waals surface area (Å²) in [5.74, 6) is 0.683. The largest absolute Gasteiger partial charge is 0.358 e. The molecular weight excluding hydrogens is 332 g/mol. The fourth-order valence-electron chi connectivity index (χ4n) is 3.24. The van der Waals surface area contributed by atoms with E-state index in [0.717, 1.165) is 34.6 Å². The lowest BCUT2D eigenvalue weighted by molar-refractivity contribution is -0.116. The highest BCUT2D eigenvalue weighted by Gasteiger charge is 2.22. The van der Waals surface area contributed by atoms with E-state index in [1.807, 2.05) is 37.3 Å². The molecule has 0 spiro atoms. The number of hydrogen-bond donors (Lipinski definition) is 2. The number of thiophene rings is 1. The molecular formula is C19H20N4OS. The number of nitrogens with zero attached hydrogens (tertiary/aromatic N) is 2. The number of fused-ring (bicyclic) bond motifs is 3. The van der Waals surface area contributed by atoms with E-state index in [9.17, 15) is 4.79 Å². The molecule has 2 N–H and O–H groups in total. The molecule has 0 aliphatic heterocycles. The lowest BCUT2D eigenvalue weighted by atomic mass is 9.97. The second-order valence-corrected chi connectivity index (χ2v) is 7.42. The minimum atomic E-state index is -0.391. The minimum Gasteiger partial charge on any atom is -0.358 e. The fourth-order valence-corrected chi connectivity index (χ4v) is 4.47. The van der Waals surface area contributed by atoms with E-state index in [2.05, 4.69) is 20.6 Å². The number of amides is 1. The van der Waals surface area contributed by atoms with Crippen LogP contribution in [0.25, 0.3) is 10.2 Å². The molecule has 0 saturated carbocycles. The Morgan fingerprint density at radius 2 is 1.96 bits per heavy atom. The Hall–Kier alpha value is -2.47. The topological polar surface area (TPSA) is 66.9 Å². The van der Waals surface area contributed by atoms with Gasteiger partial charge in [-0.25, -0.2) is 9.97 Å². The van der Waals surface area contributed by atoms with Crippen molar-refractivity contribution in [3.8, 4) is 0 Å². The molecule has 3 aromatic rings. The summed E-state index contributed by atoms with van der Waals surface area (Å²) in [6, 6.07) is 9.09. The number of para-hydroxylation sites is 1. The van der Waals surface area contributed by atoms with E-state index >= 15 is 0 Å². The summed E-state index contributed by atoms with van der Waals surface area (Å²) in [7, 11) is 0. The zero-order valence-corrected chi connectivity index (χ0v) is 14.9. The van der Waals surface area contributed by atoms with Gasteiger partial charge in [0.25, 0.3) is 0 Å². The van der Waals surface area contributed by atoms with Crippen molar-refractivity contribution < 1.29 is 4.79 Å². The van der Waals surface area contributed by atoms with Gasteiger partial charge in [0.15, 0.2) is 0 Å². The van der Waals surface area contributed by atoms with Crippen molar-refractivity contribution in [3.63, 3.8) is 0 Å². The zero-order valence-electron chi connectivity index (χ0n) is 14.1. The van der Waals surface area contributed by atoms with Gasteiger partial charge in [0.2, 0.25) is 5.91 Å². The average molecular weight is 352 g/mol. The van der Waals surface area contributed by atoms with Crippen LogP contribution in [-0.2, 0) is 17.6 Å². The van der Waals surface area contributed by atoms with E-state index in [4.69, 9.17) is 0 Å². The van der Waals surface area contributed by atoms with Crippen LogP contribution < -0.4 is 10.6 Å². The number of anilines is 2. The smallest absolute Gasteiger partial charge is 0.246 e. The third-order valence-electron chi connectivity index (χ3n) is 4.54. The molecule has 1 amide bonds. The Morgan fingerprint density at radius 3 is 2.80 bits per heavy atom. The number of hydrogen-bond acceptors (Lipinski definition) is 5. The minimum absolute atomic E-state index is 0.0814. The van der Waals surface area contributed by atoms with Crippen molar-refractivity contribution in [2.45, 2.75) is 38.6 Å². The number of carbonyl (C=O) groups is 1. The van der Waals surface area contributed by atoms with Crippen molar-refractivity contribution >= 4 is 39.0 Å². The molecule has 1 aromatic carbocycles. The Labute approximate surface area is 150 Å². The van der Waals surface area contributed by atoms with Gasteiger partial charge < -0.3 is 10.6 Å². The van der Waals surface area contributed by atoms with Crippen LogP contribution in [0.3, 0.4) is 0 Å². The van der Waals surface area contributed by atoms with Crippen LogP contribution in [0.15, 0.2) is 36.7 Å². The molecule has 2 aromatic heterocycles. The Bertz CT molecular complexity index is 906. The average Bonchev–Trinajstić information content (AvgIpc) is 3.02. The molecule has 0 bridgehead atoms. The summed E-state index contributed by atoms with van der Waals surface area (Å²) in [4.78, 5) is 23.8. The standard InChI is InChI=1S/C19H20N4OS/c1-12(18(24)23-13-7-3-2-4-8-13)22-17-16-14-9-5-6-10-15(14)25-19(16)21-11-20-17/h2-4,7-8,11-12H,5-6,9-10H2,1H3,(H,23,24)(H,20,21,22). The van der Waals surface area contributed by atoms with Crippen molar-refractivity contribution in [2.75, 3.05) is 10.6 Å². The van der Waals surface area contributed by atoms with Crippen LogP contribution in [0.4, 0.5) is 11.5 Å².